The molecule has 0 unspecified atom stereocenters. The van der Waals surface area contributed by atoms with Crippen molar-refractivity contribution in [2.45, 2.75) is 12.2 Å². The molecule has 0 heterocycles. The van der Waals surface area contributed by atoms with E-state index >= 15 is 0 Å². The summed E-state index contributed by atoms with van der Waals surface area (Å²) >= 11 is 11.2. The topological polar surface area (TPSA) is 64.5 Å². The summed E-state index contributed by atoms with van der Waals surface area (Å²) in [5, 5.41) is 27.6. The van der Waals surface area contributed by atoms with Crippen LogP contribution in [0.25, 0.3) is 10.8 Å². The van der Waals surface area contributed by atoms with Crippen molar-refractivity contribution >= 4 is 45.3 Å². The second-order valence-electron chi connectivity index (χ2n) is 5.08. The monoisotopic (exact) mass is 342 g/mol. The highest BCUT2D eigenvalue weighted by atomic mass is 35.5. The zero-order chi connectivity index (χ0) is 15.9. The SMILES string of the molecule is O[C@H](CCl)CNc1cccc2c(NC[C@H](O)CCl)cccc12. The van der Waals surface area contributed by atoms with Gasteiger partial charge >= 0.3 is 0 Å². The molecule has 0 aromatic heterocycles. The smallest absolute Gasteiger partial charge is 0.0847 e. The van der Waals surface area contributed by atoms with Crippen molar-refractivity contribution in [3.8, 4) is 0 Å². The normalized spacial score (nSPS) is 13.8. The second-order valence-corrected chi connectivity index (χ2v) is 5.70. The van der Waals surface area contributed by atoms with Gasteiger partial charge in [0.15, 0.2) is 0 Å². The Bertz CT molecular complexity index is 556. The Labute approximate surface area is 140 Å². The van der Waals surface area contributed by atoms with Gasteiger partial charge in [-0.3, -0.25) is 0 Å². The van der Waals surface area contributed by atoms with Gasteiger partial charge in [0, 0.05) is 35.2 Å². The highest BCUT2D eigenvalue weighted by Crippen LogP contribution is 2.29. The lowest BCUT2D eigenvalue weighted by Gasteiger charge is -2.16. The van der Waals surface area contributed by atoms with E-state index in [9.17, 15) is 10.2 Å². The fraction of sp³-hybridized carbons (Fsp3) is 0.375. The lowest BCUT2D eigenvalue weighted by Crippen LogP contribution is -2.21. The summed E-state index contributed by atoms with van der Waals surface area (Å²) in [5.74, 6) is 0.391. The van der Waals surface area contributed by atoms with E-state index in [0.717, 1.165) is 22.1 Å². The van der Waals surface area contributed by atoms with Gasteiger partial charge in [-0.25, -0.2) is 0 Å². The number of hydrogen-bond acceptors (Lipinski definition) is 4. The van der Waals surface area contributed by atoms with Crippen LogP contribution in [0.2, 0.25) is 0 Å². The molecule has 2 rings (SSSR count). The predicted octanol–water partition coefficient (Wildman–Crippen LogP) is 2.86. The fourth-order valence-corrected chi connectivity index (χ4v) is 2.40. The van der Waals surface area contributed by atoms with Crippen LogP contribution in [-0.4, -0.2) is 47.3 Å². The lowest BCUT2D eigenvalue weighted by molar-refractivity contribution is 0.211. The first-order valence-electron chi connectivity index (χ1n) is 7.13. The van der Waals surface area contributed by atoms with Gasteiger partial charge in [0.25, 0.3) is 0 Å². The Morgan fingerprint density at radius 1 is 0.773 bits per heavy atom. The lowest BCUT2D eigenvalue weighted by atomic mass is 10.1. The van der Waals surface area contributed by atoms with Crippen LogP contribution < -0.4 is 10.6 Å². The summed E-state index contributed by atoms with van der Waals surface area (Å²) in [7, 11) is 0. The van der Waals surface area contributed by atoms with E-state index < -0.39 is 12.2 Å². The zero-order valence-electron chi connectivity index (χ0n) is 12.1. The first-order chi connectivity index (χ1) is 10.7. The third-order valence-corrected chi connectivity index (χ3v) is 4.05. The summed E-state index contributed by atoms with van der Waals surface area (Å²) in [6.07, 6.45) is -1.17. The van der Waals surface area contributed by atoms with Crippen LogP contribution in [0, 0.1) is 0 Å². The molecule has 6 heteroatoms. The molecular weight excluding hydrogens is 323 g/mol. The largest absolute Gasteiger partial charge is 0.390 e. The summed E-state index contributed by atoms with van der Waals surface area (Å²) < 4.78 is 0. The van der Waals surface area contributed by atoms with E-state index in [1.165, 1.54) is 0 Å². The van der Waals surface area contributed by atoms with Gasteiger partial charge in [0.1, 0.15) is 0 Å². The molecule has 0 bridgehead atoms. The third-order valence-electron chi connectivity index (χ3n) is 3.33. The van der Waals surface area contributed by atoms with Crippen LogP contribution in [0.4, 0.5) is 11.4 Å². The minimum atomic E-state index is -0.586. The average molecular weight is 343 g/mol. The number of aliphatic hydroxyl groups is 2. The maximum absolute atomic E-state index is 9.57. The van der Waals surface area contributed by atoms with E-state index in [0.29, 0.717) is 13.1 Å². The van der Waals surface area contributed by atoms with Crippen LogP contribution in [0.3, 0.4) is 0 Å². The van der Waals surface area contributed by atoms with E-state index in [1.54, 1.807) is 0 Å². The maximum Gasteiger partial charge on any atom is 0.0847 e. The highest BCUT2D eigenvalue weighted by Gasteiger charge is 2.08. The van der Waals surface area contributed by atoms with Gasteiger partial charge in [-0.1, -0.05) is 24.3 Å². The fourth-order valence-electron chi connectivity index (χ4n) is 2.18. The molecule has 2 atom stereocenters. The van der Waals surface area contributed by atoms with Gasteiger partial charge < -0.3 is 20.8 Å². The summed E-state index contributed by atoms with van der Waals surface area (Å²) in [6.45, 7) is 0.788. The van der Waals surface area contributed by atoms with Crippen molar-refractivity contribution in [1.29, 1.82) is 0 Å². The number of anilines is 2. The number of benzene rings is 2. The molecule has 22 heavy (non-hydrogen) atoms. The quantitative estimate of drug-likeness (QED) is 0.557. The van der Waals surface area contributed by atoms with Gasteiger partial charge in [-0.2, -0.15) is 0 Å². The molecular formula is C16H20Cl2N2O2. The molecule has 4 nitrogen and oxygen atoms in total. The number of rotatable bonds is 8. The van der Waals surface area contributed by atoms with Crippen molar-refractivity contribution in [1.82, 2.24) is 0 Å². The number of alkyl halides is 2. The Morgan fingerprint density at radius 2 is 1.18 bits per heavy atom. The van der Waals surface area contributed by atoms with Crippen LogP contribution in [-0.2, 0) is 0 Å². The molecule has 4 N–H and O–H groups in total. The molecule has 2 aromatic carbocycles. The number of halogens is 2. The number of nitrogens with one attached hydrogen (secondary N) is 2. The second kappa shape index (κ2) is 8.44. The summed E-state index contributed by atoms with van der Waals surface area (Å²) in [4.78, 5) is 0. The van der Waals surface area contributed by atoms with Crippen LogP contribution >= 0.6 is 23.2 Å². The van der Waals surface area contributed by atoms with Gasteiger partial charge in [0.05, 0.1) is 24.0 Å². The van der Waals surface area contributed by atoms with Crippen LogP contribution in [0.1, 0.15) is 0 Å². The van der Waals surface area contributed by atoms with Crippen molar-refractivity contribution in [3.05, 3.63) is 36.4 Å². The molecule has 0 aliphatic carbocycles. The Balaban J connectivity index is 2.22. The molecule has 0 amide bonds. The average Bonchev–Trinajstić information content (AvgIpc) is 2.57. The Kier molecular flexibility index (Phi) is 6.58. The molecule has 0 spiro atoms. The standard InChI is InChI=1S/C16H20Cl2N2O2/c17-7-11(21)9-19-15-5-1-3-13-14(15)4-2-6-16(13)20-10-12(22)8-18/h1-6,11-12,19-22H,7-10H2/t11-,12-/m1/s1. The van der Waals surface area contributed by atoms with E-state index in [4.69, 9.17) is 23.2 Å². The van der Waals surface area contributed by atoms with Crippen molar-refractivity contribution in [2.24, 2.45) is 0 Å². The first kappa shape index (κ1) is 17.2. The minimum absolute atomic E-state index is 0.195. The van der Waals surface area contributed by atoms with Crippen LogP contribution in [0.15, 0.2) is 36.4 Å². The zero-order valence-corrected chi connectivity index (χ0v) is 13.6. The van der Waals surface area contributed by atoms with Crippen molar-refractivity contribution < 1.29 is 10.2 Å². The minimum Gasteiger partial charge on any atom is -0.390 e. The summed E-state index contributed by atoms with van der Waals surface area (Å²) in [6, 6.07) is 11.8. The molecule has 2 aromatic rings. The first-order valence-corrected chi connectivity index (χ1v) is 8.20. The number of fused-ring (bicyclic) bond motifs is 1. The Hall–Kier alpha value is -1.20. The van der Waals surface area contributed by atoms with E-state index in [-0.39, 0.29) is 11.8 Å². The van der Waals surface area contributed by atoms with Gasteiger partial charge in [-0.05, 0) is 12.1 Å². The predicted molar refractivity (Wildman–Crippen MR) is 94.4 cm³/mol. The maximum atomic E-state index is 9.57. The Morgan fingerprint density at radius 3 is 1.55 bits per heavy atom. The highest BCUT2D eigenvalue weighted by molar-refractivity contribution is 6.18. The molecule has 0 aliphatic rings. The molecule has 0 saturated carbocycles. The number of aliphatic hydroxyl groups excluding tert-OH is 2. The molecule has 120 valence electrons. The van der Waals surface area contributed by atoms with Crippen molar-refractivity contribution in [2.75, 3.05) is 35.5 Å². The molecule has 0 saturated heterocycles. The number of hydrogen-bond donors (Lipinski definition) is 4. The molecule has 0 aliphatic heterocycles. The van der Waals surface area contributed by atoms with Gasteiger partial charge in [0.2, 0.25) is 0 Å². The van der Waals surface area contributed by atoms with E-state index in [1.807, 2.05) is 36.4 Å². The van der Waals surface area contributed by atoms with Crippen molar-refractivity contribution in [3.63, 3.8) is 0 Å². The molecule has 0 radical (unpaired) electrons. The summed E-state index contributed by atoms with van der Waals surface area (Å²) in [5.41, 5.74) is 1.87. The third kappa shape index (κ3) is 4.40. The van der Waals surface area contributed by atoms with E-state index in [2.05, 4.69) is 10.6 Å². The van der Waals surface area contributed by atoms with Crippen LogP contribution in [0.5, 0.6) is 0 Å². The molecule has 0 fully saturated rings. The van der Waals surface area contributed by atoms with Gasteiger partial charge in [-0.15, -0.1) is 23.2 Å².